The van der Waals surface area contributed by atoms with Crippen LogP contribution >= 0.6 is 0 Å². The zero-order chi connectivity index (χ0) is 19.3. The number of sulfonamides is 1. The molecule has 8 heteroatoms. The second-order valence-electron chi connectivity index (χ2n) is 5.66. The second kappa shape index (κ2) is 8.20. The molecule has 0 fully saturated rings. The molecule has 2 N–H and O–H groups in total. The molecule has 26 heavy (non-hydrogen) atoms. The van der Waals surface area contributed by atoms with Gasteiger partial charge in [0.1, 0.15) is 0 Å². The van der Waals surface area contributed by atoms with Gasteiger partial charge in [0.05, 0.1) is 25.7 Å². The van der Waals surface area contributed by atoms with Crippen LogP contribution in [0.4, 0.5) is 5.69 Å². The molecule has 0 heterocycles. The molecule has 2 aromatic rings. The van der Waals surface area contributed by atoms with Crippen molar-refractivity contribution in [3.8, 4) is 11.5 Å². The zero-order valence-electron chi connectivity index (χ0n) is 15.1. The molecule has 0 spiro atoms. The predicted molar refractivity (Wildman–Crippen MR) is 99.3 cm³/mol. The molecule has 0 aliphatic rings. The summed E-state index contributed by atoms with van der Waals surface area (Å²) in [5, 5.41) is 2.73. The molecule has 0 aliphatic carbocycles. The number of ether oxygens (including phenoxy) is 2. The maximum absolute atomic E-state index is 12.4. The minimum atomic E-state index is -3.87. The number of hydrogen-bond acceptors (Lipinski definition) is 5. The number of anilines is 1. The summed E-state index contributed by atoms with van der Waals surface area (Å²) in [7, 11) is -0.995. The summed E-state index contributed by atoms with van der Waals surface area (Å²) in [6.07, 6.45) is 0. The Labute approximate surface area is 153 Å². The van der Waals surface area contributed by atoms with Gasteiger partial charge in [-0.2, -0.15) is 0 Å². The van der Waals surface area contributed by atoms with E-state index >= 15 is 0 Å². The molecule has 0 saturated heterocycles. The number of carbonyl (C=O) groups excluding carboxylic acids is 1. The van der Waals surface area contributed by atoms with Crippen molar-refractivity contribution in [3.05, 3.63) is 47.5 Å². The van der Waals surface area contributed by atoms with E-state index in [0.717, 1.165) is 11.1 Å². The van der Waals surface area contributed by atoms with Crippen molar-refractivity contribution in [1.29, 1.82) is 0 Å². The van der Waals surface area contributed by atoms with Gasteiger partial charge >= 0.3 is 0 Å². The van der Waals surface area contributed by atoms with E-state index in [1.165, 1.54) is 32.4 Å². The van der Waals surface area contributed by atoms with E-state index in [9.17, 15) is 13.2 Å². The summed E-state index contributed by atoms with van der Waals surface area (Å²) in [6.45, 7) is 3.36. The van der Waals surface area contributed by atoms with Crippen LogP contribution in [0.2, 0.25) is 0 Å². The first kappa shape index (κ1) is 19.7. The van der Waals surface area contributed by atoms with Crippen LogP contribution in [0.3, 0.4) is 0 Å². The van der Waals surface area contributed by atoms with Gasteiger partial charge in [-0.15, -0.1) is 0 Å². The number of nitrogens with one attached hydrogen (secondary N) is 2. The lowest BCUT2D eigenvalue weighted by molar-refractivity contribution is -0.115. The van der Waals surface area contributed by atoms with Crippen LogP contribution in [0.1, 0.15) is 11.1 Å². The van der Waals surface area contributed by atoms with Crippen LogP contribution < -0.4 is 19.5 Å². The third kappa shape index (κ3) is 4.53. The molecule has 0 aliphatic heterocycles. The topological polar surface area (TPSA) is 93.7 Å². The SMILES string of the molecule is COc1ccc(S(=O)(=O)NCC(=O)Nc2c(C)cccc2C)cc1OC. The normalized spacial score (nSPS) is 11.1. The van der Waals surface area contributed by atoms with Gasteiger partial charge < -0.3 is 14.8 Å². The lowest BCUT2D eigenvalue weighted by Crippen LogP contribution is -2.33. The Morgan fingerprint density at radius 3 is 2.19 bits per heavy atom. The minimum Gasteiger partial charge on any atom is -0.493 e. The fraction of sp³-hybridized carbons (Fsp3) is 0.278. The monoisotopic (exact) mass is 378 g/mol. The highest BCUT2D eigenvalue weighted by molar-refractivity contribution is 7.89. The molecule has 140 valence electrons. The van der Waals surface area contributed by atoms with Gasteiger partial charge in [0.25, 0.3) is 0 Å². The molecule has 0 radical (unpaired) electrons. The maximum atomic E-state index is 12.4. The van der Waals surface area contributed by atoms with Crippen LogP contribution in [0.15, 0.2) is 41.3 Å². The number of para-hydroxylation sites is 1. The van der Waals surface area contributed by atoms with Crippen molar-refractivity contribution in [2.24, 2.45) is 0 Å². The average Bonchev–Trinajstić information content (AvgIpc) is 2.62. The van der Waals surface area contributed by atoms with E-state index in [0.29, 0.717) is 11.4 Å². The van der Waals surface area contributed by atoms with E-state index in [4.69, 9.17) is 9.47 Å². The van der Waals surface area contributed by atoms with Gasteiger partial charge in [-0.3, -0.25) is 4.79 Å². The Morgan fingerprint density at radius 1 is 1.00 bits per heavy atom. The average molecular weight is 378 g/mol. The lowest BCUT2D eigenvalue weighted by atomic mass is 10.1. The van der Waals surface area contributed by atoms with Crippen molar-refractivity contribution in [2.45, 2.75) is 18.7 Å². The summed E-state index contributed by atoms with van der Waals surface area (Å²) >= 11 is 0. The van der Waals surface area contributed by atoms with Gasteiger partial charge in [0, 0.05) is 11.8 Å². The summed E-state index contributed by atoms with van der Waals surface area (Å²) in [6, 6.07) is 9.84. The number of rotatable bonds is 7. The first-order valence-corrected chi connectivity index (χ1v) is 9.34. The molecular formula is C18H22N2O5S. The molecular weight excluding hydrogens is 356 g/mol. The fourth-order valence-corrected chi connectivity index (χ4v) is 3.42. The van der Waals surface area contributed by atoms with Crippen molar-refractivity contribution in [3.63, 3.8) is 0 Å². The number of hydrogen-bond donors (Lipinski definition) is 2. The molecule has 2 aromatic carbocycles. The third-order valence-corrected chi connectivity index (χ3v) is 5.23. The standard InChI is InChI=1S/C18H22N2O5S/c1-12-6-5-7-13(2)18(12)20-17(21)11-19-26(22,23)14-8-9-15(24-3)16(10-14)25-4/h5-10,19H,11H2,1-4H3,(H,20,21). The first-order valence-electron chi connectivity index (χ1n) is 7.86. The van der Waals surface area contributed by atoms with E-state index in [-0.39, 0.29) is 17.2 Å². The smallest absolute Gasteiger partial charge is 0.241 e. The van der Waals surface area contributed by atoms with E-state index < -0.39 is 15.9 Å². The number of methoxy groups -OCH3 is 2. The largest absolute Gasteiger partial charge is 0.493 e. The molecule has 1 amide bonds. The van der Waals surface area contributed by atoms with E-state index in [1.54, 1.807) is 0 Å². The molecule has 7 nitrogen and oxygen atoms in total. The van der Waals surface area contributed by atoms with Crippen LogP contribution in [0.25, 0.3) is 0 Å². The number of amides is 1. The van der Waals surface area contributed by atoms with Gasteiger partial charge in [-0.25, -0.2) is 13.1 Å². The van der Waals surface area contributed by atoms with E-state index in [1.807, 2.05) is 32.0 Å². The molecule has 0 unspecified atom stereocenters. The summed E-state index contributed by atoms with van der Waals surface area (Å²) in [4.78, 5) is 12.1. The summed E-state index contributed by atoms with van der Waals surface area (Å²) < 4.78 is 37.3. The Morgan fingerprint density at radius 2 is 1.62 bits per heavy atom. The lowest BCUT2D eigenvalue weighted by Gasteiger charge is -2.13. The summed E-state index contributed by atoms with van der Waals surface area (Å²) in [5.74, 6) is 0.251. The van der Waals surface area contributed by atoms with E-state index in [2.05, 4.69) is 10.0 Å². The Kier molecular flexibility index (Phi) is 6.23. The maximum Gasteiger partial charge on any atom is 0.241 e. The zero-order valence-corrected chi connectivity index (χ0v) is 15.9. The van der Waals surface area contributed by atoms with Crippen LogP contribution in [-0.2, 0) is 14.8 Å². The van der Waals surface area contributed by atoms with Gasteiger partial charge in [-0.1, -0.05) is 18.2 Å². The number of benzene rings is 2. The minimum absolute atomic E-state index is 0.0185. The molecule has 2 rings (SSSR count). The van der Waals surface area contributed by atoms with Gasteiger partial charge in [-0.05, 0) is 37.1 Å². The van der Waals surface area contributed by atoms with Crippen molar-refractivity contribution in [1.82, 2.24) is 4.72 Å². The number of carbonyl (C=O) groups is 1. The molecule has 0 bridgehead atoms. The van der Waals surface area contributed by atoms with Crippen LogP contribution in [0.5, 0.6) is 11.5 Å². The fourth-order valence-electron chi connectivity index (χ4n) is 2.42. The highest BCUT2D eigenvalue weighted by atomic mass is 32.2. The Bertz CT molecular complexity index is 890. The number of aryl methyl sites for hydroxylation is 2. The van der Waals surface area contributed by atoms with Gasteiger partial charge in [0.2, 0.25) is 15.9 Å². The Hall–Kier alpha value is -2.58. The predicted octanol–water partition coefficient (Wildman–Crippen LogP) is 2.24. The van der Waals surface area contributed by atoms with Crippen molar-refractivity contribution >= 4 is 21.6 Å². The second-order valence-corrected chi connectivity index (χ2v) is 7.42. The van der Waals surface area contributed by atoms with Gasteiger partial charge in [0.15, 0.2) is 11.5 Å². The van der Waals surface area contributed by atoms with Crippen molar-refractivity contribution in [2.75, 3.05) is 26.1 Å². The van der Waals surface area contributed by atoms with Crippen LogP contribution in [0, 0.1) is 13.8 Å². The first-order chi connectivity index (χ1) is 12.3. The highest BCUT2D eigenvalue weighted by Gasteiger charge is 2.18. The van der Waals surface area contributed by atoms with Crippen LogP contribution in [-0.4, -0.2) is 35.1 Å². The highest BCUT2D eigenvalue weighted by Crippen LogP contribution is 2.29. The molecule has 0 atom stereocenters. The quantitative estimate of drug-likeness (QED) is 0.771. The van der Waals surface area contributed by atoms with Crippen molar-refractivity contribution < 1.29 is 22.7 Å². The Balaban J connectivity index is 2.09. The summed E-state index contributed by atoms with van der Waals surface area (Å²) in [5.41, 5.74) is 2.49. The third-order valence-electron chi connectivity index (χ3n) is 3.83. The molecule has 0 aromatic heterocycles. The molecule has 0 saturated carbocycles.